The van der Waals surface area contributed by atoms with E-state index in [9.17, 15) is 4.79 Å². The van der Waals surface area contributed by atoms with Gasteiger partial charge in [-0.3, -0.25) is 4.79 Å². The second-order valence-electron chi connectivity index (χ2n) is 4.96. The normalized spacial score (nSPS) is 10.9. The van der Waals surface area contributed by atoms with E-state index in [-0.39, 0.29) is 5.91 Å². The first-order chi connectivity index (χ1) is 11.0. The van der Waals surface area contributed by atoms with E-state index < -0.39 is 0 Å². The minimum atomic E-state index is -0.0841. The minimum absolute atomic E-state index is 0.0841. The summed E-state index contributed by atoms with van der Waals surface area (Å²) in [4.78, 5) is 16.6. The van der Waals surface area contributed by atoms with Gasteiger partial charge < -0.3 is 11.1 Å². The van der Waals surface area contributed by atoms with E-state index in [2.05, 4.69) is 10.3 Å². The van der Waals surface area contributed by atoms with Gasteiger partial charge in [-0.15, -0.1) is 11.3 Å². The number of nitrogen functional groups attached to an aromatic ring is 1. The molecule has 1 aromatic heterocycles. The van der Waals surface area contributed by atoms with E-state index in [0.29, 0.717) is 16.5 Å². The lowest BCUT2D eigenvalue weighted by Gasteiger charge is -2.08. The smallest absolute Gasteiger partial charge is 0.234 e. The standard InChI is InChI=1S/C16H14ClN3OS2/c1-9-11(17)3-2-4-12(9)19-15(21)8-22-16-20-13-6-5-10(18)7-14(13)23-16/h2-7H,8,18H2,1H3,(H,19,21). The van der Waals surface area contributed by atoms with E-state index in [4.69, 9.17) is 17.3 Å². The summed E-state index contributed by atoms with van der Waals surface area (Å²) in [5.41, 5.74) is 8.98. The largest absolute Gasteiger partial charge is 0.399 e. The second kappa shape index (κ2) is 6.78. The fraction of sp³-hybridized carbons (Fsp3) is 0.125. The number of benzene rings is 2. The van der Waals surface area contributed by atoms with Gasteiger partial charge in [-0.1, -0.05) is 29.4 Å². The maximum absolute atomic E-state index is 12.1. The fourth-order valence-electron chi connectivity index (χ4n) is 2.04. The molecule has 0 aliphatic heterocycles. The van der Waals surface area contributed by atoms with Crippen molar-refractivity contribution in [2.45, 2.75) is 11.3 Å². The Morgan fingerprint density at radius 1 is 1.39 bits per heavy atom. The SMILES string of the molecule is Cc1c(Cl)cccc1NC(=O)CSc1nc2ccc(N)cc2s1. The first kappa shape index (κ1) is 16.1. The van der Waals surface area contributed by atoms with Crippen LogP contribution in [0, 0.1) is 6.92 Å². The Labute approximate surface area is 147 Å². The van der Waals surface area contributed by atoms with E-state index >= 15 is 0 Å². The number of amides is 1. The number of halogens is 1. The lowest BCUT2D eigenvalue weighted by molar-refractivity contribution is -0.113. The molecule has 7 heteroatoms. The third kappa shape index (κ3) is 3.77. The van der Waals surface area contributed by atoms with Crippen LogP contribution in [0.25, 0.3) is 10.2 Å². The third-order valence-electron chi connectivity index (χ3n) is 3.26. The second-order valence-corrected chi connectivity index (χ2v) is 7.62. The molecule has 4 nitrogen and oxygen atoms in total. The number of fused-ring (bicyclic) bond motifs is 1. The number of nitrogens with two attached hydrogens (primary N) is 1. The van der Waals surface area contributed by atoms with E-state index in [1.807, 2.05) is 37.3 Å². The Hall–Kier alpha value is -1.76. The van der Waals surface area contributed by atoms with Crippen molar-refractivity contribution in [1.29, 1.82) is 0 Å². The van der Waals surface area contributed by atoms with Crippen LogP contribution in [0.1, 0.15) is 5.56 Å². The number of carbonyl (C=O) groups is 1. The summed E-state index contributed by atoms with van der Waals surface area (Å²) in [5.74, 6) is 0.209. The molecule has 0 bridgehead atoms. The molecular weight excluding hydrogens is 350 g/mol. The highest BCUT2D eigenvalue weighted by atomic mass is 35.5. The van der Waals surface area contributed by atoms with Gasteiger partial charge in [0.05, 0.1) is 16.0 Å². The monoisotopic (exact) mass is 363 g/mol. The zero-order chi connectivity index (χ0) is 16.4. The summed E-state index contributed by atoms with van der Waals surface area (Å²) in [7, 11) is 0. The first-order valence-corrected chi connectivity index (χ1v) is 9.05. The number of anilines is 2. The van der Waals surface area contributed by atoms with Crippen LogP contribution in [0.5, 0.6) is 0 Å². The van der Waals surface area contributed by atoms with Crippen molar-refractivity contribution in [2.24, 2.45) is 0 Å². The summed E-state index contributed by atoms with van der Waals surface area (Å²) in [6.45, 7) is 1.88. The summed E-state index contributed by atoms with van der Waals surface area (Å²) in [5, 5.41) is 3.51. The molecule has 3 aromatic rings. The topological polar surface area (TPSA) is 68.0 Å². The molecule has 0 fully saturated rings. The van der Waals surface area contributed by atoms with Crippen molar-refractivity contribution in [1.82, 2.24) is 4.98 Å². The molecule has 0 spiro atoms. The predicted molar refractivity (Wildman–Crippen MR) is 99.6 cm³/mol. The number of aromatic nitrogens is 1. The van der Waals surface area contributed by atoms with Gasteiger partial charge in [-0.25, -0.2) is 4.98 Å². The quantitative estimate of drug-likeness (QED) is 0.526. The molecule has 0 saturated carbocycles. The predicted octanol–water partition coefficient (Wildman–Crippen LogP) is 4.57. The first-order valence-electron chi connectivity index (χ1n) is 6.87. The number of hydrogen-bond donors (Lipinski definition) is 2. The van der Waals surface area contributed by atoms with Gasteiger partial charge in [0.1, 0.15) is 0 Å². The number of rotatable bonds is 4. The molecule has 0 aliphatic rings. The lowest BCUT2D eigenvalue weighted by Crippen LogP contribution is -2.14. The van der Waals surface area contributed by atoms with Gasteiger partial charge in [-0.05, 0) is 42.8 Å². The lowest BCUT2D eigenvalue weighted by atomic mass is 10.2. The average Bonchev–Trinajstić information content (AvgIpc) is 2.92. The van der Waals surface area contributed by atoms with Crippen LogP contribution in [0.2, 0.25) is 5.02 Å². The molecule has 1 heterocycles. The average molecular weight is 364 g/mol. The van der Waals surface area contributed by atoms with E-state index in [1.54, 1.807) is 6.07 Å². The van der Waals surface area contributed by atoms with Crippen molar-refractivity contribution in [3.8, 4) is 0 Å². The van der Waals surface area contributed by atoms with Crippen molar-refractivity contribution in [3.63, 3.8) is 0 Å². The molecule has 23 heavy (non-hydrogen) atoms. The van der Waals surface area contributed by atoms with E-state index in [0.717, 1.165) is 25.8 Å². The van der Waals surface area contributed by atoms with Crippen LogP contribution in [0.3, 0.4) is 0 Å². The summed E-state index contributed by atoms with van der Waals surface area (Å²) in [6, 6.07) is 11.1. The molecule has 3 N–H and O–H groups in total. The number of thioether (sulfide) groups is 1. The number of hydrogen-bond acceptors (Lipinski definition) is 5. The number of thiazole rings is 1. The number of nitrogens with zero attached hydrogens (tertiary/aromatic N) is 1. The van der Waals surface area contributed by atoms with E-state index in [1.165, 1.54) is 23.1 Å². The van der Waals surface area contributed by atoms with Gasteiger partial charge in [0, 0.05) is 16.4 Å². The Balaban J connectivity index is 1.65. The maximum Gasteiger partial charge on any atom is 0.234 e. The van der Waals surface area contributed by atoms with Gasteiger partial charge in [-0.2, -0.15) is 0 Å². The molecule has 0 radical (unpaired) electrons. The van der Waals surface area contributed by atoms with Crippen LogP contribution in [-0.2, 0) is 4.79 Å². The van der Waals surface area contributed by atoms with Crippen molar-refractivity contribution < 1.29 is 4.79 Å². The maximum atomic E-state index is 12.1. The van der Waals surface area contributed by atoms with Crippen LogP contribution in [0.4, 0.5) is 11.4 Å². The highest BCUT2D eigenvalue weighted by Gasteiger charge is 2.10. The fourth-order valence-corrected chi connectivity index (χ4v) is 4.13. The summed E-state index contributed by atoms with van der Waals surface area (Å²) in [6.07, 6.45) is 0. The Bertz CT molecular complexity index is 879. The Morgan fingerprint density at radius 2 is 2.22 bits per heavy atom. The zero-order valence-electron chi connectivity index (χ0n) is 12.3. The molecule has 0 unspecified atom stereocenters. The van der Waals surface area contributed by atoms with Gasteiger partial charge in [0.25, 0.3) is 0 Å². The van der Waals surface area contributed by atoms with Crippen molar-refractivity contribution in [3.05, 3.63) is 47.0 Å². The van der Waals surface area contributed by atoms with Crippen LogP contribution in [0.15, 0.2) is 40.7 Å². The minimum Gasteiger partial charge on any atom is -0.399 e. The van der Waals surface area contributed by atoms with Crippen molar-refractivity contribution >= 4 is 62.2 Å². The van der Waals surface area contributed by atoms with Gasteiger partial charge in [0.15, 0.2) is 4.34 Å². The molecule has 0 atom stereocenters. The third-order valence-corrected chi connectivity index (χ3v) is 5.83. The number of nitrogens with one attached hydrogen (secondary N) is 1. The van der Waals surface area contributed by atoms with Crippen molar-refractivity contribution in [2.75, 3.05) is 16.8 Å². The Kier molecular flexibility index (Phi) is 4.75. The molecular formula is C16H14ClN3OS2. The molecule has 3 rings (SSSR count). The van der Waals surface area contributed by atoms with Gasteiger partial charge >= 0.3 is 0 Å². The Morgan fingerprint density at radius 3 is 3.04 bits per heavy atom. The highest BCUT2D eigenvalue weighted by molar-refractivity contribution is 8.01. The molecule has 2 aromatic carbocycles. The van der Waals surface area contributed by atoms with Gasteiger partial charge in [0.2, 0.25) is 5.91 Å². The van der Waals surface area contributed by atoms with Crippen LogP contribution >= 0.6 is 34.7 Å². The van der Waals surface area contributed by atoms with Crippen LogP contribution in [-0.4, -0.2) is 16.6 Å². The zero-order valence-corrected chi connectivity index (χ0v) is 14.7. The summed E-state index contributed by atoms with van der Waals surface area (Å²) < 4.78 is 1.88. The number of carbonyl (C=O) groups excluding carboxylic acids is 1. The summed E-state index contributed by atoms with van der Waals surface area (Å²) >= 11 is 9.00. The molecule has 0 saturated heterocycles. The molecule has 118 valence electrons. The van der Waals surface area contributed by atoms with Crippen LogP contribution < -0.4 is 11.1 Å². The molecule has 1 amide bonds. The highest BCUT2D eigenvalue weighted by Crippen LogP contribution is 2.31. The molecule has 0 aliphatic carbocycles.